The lowest BCUT2D eigenvalue weighted by Gasteiger charge is -2.51. The van der Waals surface area contributed by atoms with Crippen molar-refractivity contribution in [2.24, 2.45) is 0 Å². The maximum Gasteiger partial charge on any atom is 0.331 e. The SMILES string of the molecule is COC(=O)C1(NC(=O)NCc2ccccc2)CC(C)(C)NC(C)(C)C1. The summed E-state index contributed by atoms with van der Waals surface area (Å²) in [5.41, 5.74) is -0.699. The van der Waals surface area contributed by atoms with Gasteiger partial charge in [-0.05, 0) is 46.1 Å². The van der Waals surface area contributed by atoms with Crippen LogP contribution in [-0.4, -0.2) is 35.7 Å². The van der Waals surface area contributed by atoms with E-state index in [0.717, 1.165) is 5.56 Å². The van der Waals surface area contributed by atoms with Gasteiger partial charge in [0.05, 0.1) is 7.11 Å². The van der Waals surface area contributed by atoms with Crippen LogP contribution in [0.3, 0.4) is 0 Å². The summed E-state index contributed by atoms with van der Waals surface area (Å²) in [5.74, 6) is -0.412. The van der Waals surface area contributed by atoms with Crippen LogP contribution >= 0.6 is 0 Å². The van der Waals surface area contributed by atoms with Gasteiger partial charge in [0.15, 0.2) is 0 Å². The third-order valence-corrected chi connectivity index (χ3v) is 4.39. The van der Waals surface area contributed by atoms with E-state index < -0.39 is 11.5 Å². The maximum absolute atomic E-state index is 12.6. The zero-order valence-electron chi connectivity index (χ0n) is 15.7. The molecule has 1 aromatic carbocycles. The number of piperidine rings is 1. The number of urea groups is 1. The highest BCUT2D eigenvalue weighted by atomic mass is 16.5. The lowest BCUT2D eigenvalue weighted by Crippen LogP contribution is -2.71. The lowest BCUT2D eigenvalue weighted by atomic mass is 9.71. The second kappa shape index (κ2) is 7.04. The van der Waals surface area contributed by atoms with Gasteiger partial charge in [0.1, 0.15) is 5.54 Å². The Morgan fingerprint density at radius 3 is 2.16 bits per heavy atom. The third kappa shape index (κ3) is 4.95. The summed E-state index contributed by atoms with van der Waals surface area (Å²) in [6.07, 6.45) is 0.906. The molecule has 0 bridgehead atoms. The predicted molar refractivity (Wildman–Crippen MR) is 97.1 cm³/mol. The van der Waals surface area contributed by atoms with Gasteiger partial charge >= 0.3 is 12.0 Å². The standard InChI is InChI=1S/C19H29N3O3/c1-17(2)12-19(15(23)25-5,13-18(3,4)22-17)21-16(24)20-11-14-9-7-6-8-10-14/h6-10,22H,11-13H2,1-5H3,(H2,20,21,24). The van der Waals surface area contributed by atoms with Gasteiger partial charge in [-0.15, -0.1) is 0 Å². The number of hydrogen-bond donors (Lipinski definition) is 3. The van der Waals surface area contributed by atoms with Crippen molar-refractivity contribution < 1.29 is 14.3 Å². The topological polar surface area (TPSA) is 79.5 Å². The number of hydrogen-bond acceptors (Lipinski definition) is 4. The number of esters is 1. The van der Waals surface area contributed by atoms with Gasteiger partial charge in [0.2, 0.25) is 0 Å². The number of rotatable bonds is 4. The summed E-state index contributed by atoms with van der Waals surface area (Å²) in [6, 6.07) is 9.27. The summed E-state index contributed by atoms with van der Waals surface area (Å²) >= 11 is 0. The molecule has 6 nitrogen and oxygen atoms in total. The molecule has 1 aliphatic heterocycles. The molecule has 6 heteroatoms. The van der Waals surface area contributed by atoms with E-state index in [9.17, 15) is 9.59 Å². The number of carbonyl (C=O) groups excluding carboxylic acids is 2. The molecule has 25 heavy (non-hydrogen) atoms. The zero-order chi connectivity index (χ0) is 18.7. The van der Waals surface area contributed by atoms with Crippen LogP contribution in [0.25, 0.3) is 0 Å². The molecule has 1 fully saturated rings. The van der Waals surface area contributed by atoms with Crippen LogP contribution < -0.4 is 16.0 Å². The fourth-order valence-electron chi connectivity index (χ4n) is 4.09. The molecule has 0 radical (unpaired) electrons. The smallest absolute Gasteiger partial charge is 0.331 e. The minimum atomic E-state index is -1.06. The van der Waals surface area contributed by atoms with Gasteiger partial charge in [-0.25, -0.2) is 9.59 Å². The molecule has 1 heterocycles. The number of ether oxygens (including phenoxy) is 1. The fraction of sp³-hybridized carbons (Fsp3) is 0.579. The highest BCUT2D eigenvalue weighted by Gasteiger charge is 2.53. The molecule has 138 valence electrons. The minimum absolute atomic E-state index is 0.317. The molecule has 2 rings (SSSR count). The van der Waals surface area contributed by atoms with E-state index in [2.05, 4.69) is 16.0 Å². The molecule has 0 atom stereocenters. The molecule has 2 amide bonds. The summed E-state index contributed by atoms with van der Waals surface area (Å²) in [7, 11) is 1.36. The first-order chi connectivity index (χ1) is 11.6. The fourth-order valence-corrected chi connectivity index (χ4v) is 4.09. The molecule has 1 aliphatic rings. The van der Waals surface area contributed by atoms with Crippen LogP contribution in [0.4, 0.5) is 4.79 Å². The number of carbonyl (C=O) groups is 2. The van der Waals surface area contributed by atoms with Crippen molar-refractivity contribution >= 4 is 12.0 Å². The molecule has 1 saturated heterocycles. The molecular weight excluding hydrogens is 318 g/mol. The number of methoxy groups -OCH3 is 1. The normalized spacial score (nSPS) is 20.4. The molecule has 1 aromatic rings. The van der Waals surface area contributed by atoms with Crippen molar-refractivity contribution in [3.05, 3.63) is 35.9 Å². The molecule has 0 saturated carbocycles. The van der Waals surface area contributed by atoms with E-state index in [4.69, 9.17) is 4.74 Å². The lowest BCUT2D eigenvalue weighted by molar-refractivity contribution is -0.152. The Labute approximate surface area is 149 Å². The first kappa shape index (κ1) is 19.2. The summed E-state index contributed by atoms with van der Waals surface area (Å²) < 4.78 is 5.03. The Bertz CT molecular complexity index is 610. The van der Waals surface area contributed by atoms with E-state index in [-0.39, 0.29) is 17.1 Å². The van der Waals surface area contributed by atoms with Crippen molar-refractivity contribution in [3.8, 4) is 0 Å². The van der Waals surface area contributed by atoms with Gasteiger partial charge in [0.25, 0.3) is 0 Å². The maximum atomic E-state index is 12.6. The molecule has 3 N–H and O–H groups in total. The van der Waals surface area contributed by atoms with Crippen LogP contribution in [0.5, 0.6) is 0 Å². The van der Waals surface area contributed by atoms with Crippen molar-refractivity contribution in [2.45, 2.75) is 63.7 Å². The second-order valence-electron chi connectivity index (χ2n) is 8.11. The quantitative estimate of drug-likeness (QED) is 0.731. The van der Waals surface area contributed by atoms with Crippen LogP contribution in [0.2, 0.25) is 0 Å². The number of benzene rings is 1. The monoisotopic (exact) mass is 347 g/mol. The van der Waals surface area contributed by atoms with Crippen molar-refractivity contribution in [1.82, 2.24) is 16.0 Å². The van der Waals surface area contributed by atoms with Crippen LogP contribution in [0.15, 0.2) is 30.3 Å². The van der Waals surface area contributed by atoms with E-state index >= 15 is 0 Å². The van der Waals surface area contributed by atoms with Crippen molar-refractivity contribution in [1.29, 1.82) is 0 Å². The van der Waals surface area contributed by atoms with Gasteiger partial charge in [-0.3, -0.25) is 0 Å². The molecule has 0 aliphatic carbocycles. The van der Waals surface area contributed by atoms with E-state index in [0.29, 0.717) is 19.4 Å². The third-order valence-electron chi connectivity index (χ3n) is 4.39. The van der Waals surface area contributed by atoms with Crippen LogP contribution in [0.1, 0.15) is 46.1 Å². The summed E-state index contributed by atoms with van der Waals surface area (Å²) in [4.78, 5) is 25.1. The molecular formula is C19H29N3O3. The largest absolute Gasteiger partial charge is 0.467 e. The van der Waals surface area contributed by atoms with Gasteiger partial charge in [-0.1, -0.05) is 30.3 Å². The van der Waals surface area contributed by atoms with E-state index in [1.165, 1.54) is 7.11 Å². The van der Waals surface area contributed by atoms with Gasteiger partial charge in [0, 0.05) is 17.6 Å². The Morgan fingerprint density at radius 1 is 1.08 bits per heavy atom. The molecule has 0 aromatic heterocycles. The van der Waals surface area contributed by atoms with Gasteiger partial charge < -0.3 is 20.7 Å². The minimum Gasteiger partial charge on any atom is -0.467 e. The number of amides is 2. The van der Waals surface area contributed by atoms with E-state index in [1.54, 1.807) is 0 Å². The van der Waals surface area contributed by atoms with Crippen molar-refractivity contribution in [3.63, 3.8) is 0 Å². The second-order valence-corrected chi connectivity index (χ2v) is 8.11. The predicted octanol–water partition coefficient (Wildman–Crippen LogP) is 2.34. The first-order valence-corrected chi connectivity index (χ1v) is 8.55. The van der Waals surface area contributed by atoms with E-state index in [1.807, 2.05) is 58.0 Å². The molecule has 0 unspecified atom stereocenters. The highest BCUT2D eigenvalue weighted by Crippen LogP contribution is 2.36. The molecule has 0 spiro atoms. The average Bonchev–Trinajstić information content (AvgIpc) is 2.50. The van der Waals surface area contributed by atoms with Crippen molar-refractivity contribution in [2.75, 3.05) is 7.11 Å². The van der Waals surface area contributed by atoms with Crippen LogP contribution in [-0.2, 0) is 16.1 Å². The summed E-state index contributed by atoms with van der Waals surface area (Å²) in [5, 5.41) is 9.24. The Balaban J connectivity index is 2.14. The van der Waals surface area contributed by atoms with Gasteiger partial charge in [-0.2, -0.15) is 0 Å². The Kier molecular flexibility index (Phi) is 5.42. The zero-order valence-corrected chi connectivity index (χ0v) is 15.7. The summed E-state index contributed by atoms with van der Waals surface area (Å²) in [6.45, 7) is 8.49. The first-order valence-electron chi connectivity index (χ1n) is 8.55. The average molecular weight is 347 g/mol. The Morgan fingerprint density at radius 2 is 1.64 bits per heavy atom. The Hall–Kier alpha value is -2.08. The number of nitrogens with one attached hydrogen (secondary N) is 3. The van der Waals surface area contributed by atoms with Crippen LogP contribution in [0, 0.1) is 0 Å². The highest BCUT2D eigenvalue weighted by molar-refractivity contribution is 5.88.